The van der Waals surface area contributed by atoms with Crippen molar-refractivity contribution in [2.75, 3.05) is 19.0 Å². The molecule has 0 aliphatic carbocycles. The highest BCUT2D eigenvalue weighted by molar-refractivity contribution is 7.15. The lowest BCUT2D eigenvalue weighted by Gasteiger charge is -2.27. The van der Waals surface area contributed by atoms with Gasteiger partial charge in [-0.2, -0.15) is 0 Å². The SMILES string of the molecule is CCCc1nc(N(C)C(C)C(C)C)sc1CNC. The molecule has 1 unspecified atom stereocenters. The molecule has 0 spiro atoms. The second kappa shape index (κ2) is 7.10. The number of hydrogen-bond acceptors (Lipinski definition) is 4. The lowest BCUT2D eigenvalue weighted by Crippen LogP contribution is -2.33. The minimum atomic E-state index is 0.521. The molecule has 1 aromatic rings. The van der Waals surface area contributed by atoms with Crippen molar-refractivity contribution in [2.24, 2.45) is 5.92 Å². The van der Waals surface area contributed by atoms with E-state index in [1.165, 1.54) is 10.6 Å². The van der Waals surface area contributed by atoms with E-state index >= 15 is 0 Å². The first-order valence-electron chi connectivity index (χ1n) is 6.87. The first kappa shape index (κ1) is 15.4. The molecule has 1 atom stereocenters. The largest absolute Gasteiger partial charge is 0.348 e. The molecular formula is C14H27N3S. The van der Waals surface area contributed by atoms with Crippen molar-refractivity contribution in [2.45, 2.75) is 53.1 Å². The van der Waals surface area contributed by atoms with Gasteiger partial charge in [-0.25, -0.2) is 4.98 Å². The van der Waals surface area contributed by atoms with Gasteiger partial charge in [0.1, 0.15) is 0 Å². The van der Waals surface area contributed by atoms with E-state index in [1.807, 2.05) is 18.4 Å². The van der Waals surface area contributed by atoms with Crippen LogP contribution in [0.2, 0.25) is 0 Å². The van der Waals surface area contributed by atoms with E-state index < -0.39 is 0 Å². The smallest absolute Gasteiger partial charge is 0.185 e. The molecule has 0 aliphatic rings. The Morgan fingerprint density at radius 3 is 2.50 bits per heavy atom. The maximum Gasteiger partial charge on any atom is 0.185 e. The Labute approximate surface area is 116 Å². The molecule has 0 saturated carbocycles. The Bertz CT molecular complexity index is 336. The standard InChI is InChI=1S/C14H27N3S/c1-7-8-12-13(9-15-5)18-14(16-12)17(6)11(4)10(2)3/h10-11,15H,7-9H2,1-6H3. The van der Waals surface area contributed by atoms with Crippen LogP contribution < -0.4 is 10.2 Å². The average molecular weight is 269 g/mol. The second-order valence-corrected chi connectivity index (χ2v) is 6.30. The van der Waals surface area contributed by atoms with E-state index in [0.717, 1.165) is 24.5 Å². The quantitative estimate of drug-likeness (QED) is 0.823. The van der Waals surface area contributed by atoms with Crippen LogP contribution in [-0.4, -0.2) is 25.1 Å². The molecule has 0 fully saturated rings. The van der Waals surface area contributed by atoms with Gasteiger partial charge in [0, 0.05) is 24.5 Å². The third kappa shape index (κ3) is 3.69. The molecule has 4 heteroatoms. The predicted octanol–water partition coefficient (Wildman–Crippen LogP) is 3.30. The minimum absolute atomic E-state index is 0.521. The highest BCUT2D eigenvalue weighted by Gasteiger charge is 2.18. The summed E-state index contributed by atoms with van der Waals surface area (Å²) in [6.07, 6.45) is 2.24. The molecule has 1 aromatic heterocycles. The molecule has 0 bridgehead atoms. The molecule has 0 aliphatic heterocycles. The Balaban J connectivity index is 2.92. The summed E-state index contributed by atoms with van der Waals surface area (Å²) in [7, 11) is 4.15. The highest BCUT2D eigenvalue weighted by atomic mass is 32.1. The van der Waals surface area contributed by atoms with Gasteiger partial charge in [0.15, 0.2) is 5.13 Å². The van der Waals surface area contributed by atoms with Gasteiger partial charge in [-0.3, -0.25) is 0 Å². The molecule has 0 amide bonds. The summed E-state index contributed by atoms with van der Waals surface area (Å²) in [5.41, 5.74) is 1.27. The van der Waals surface area contributed by atoms with Crippen molar-refractivity contribution in [1.82, 2.24) is 10.3 Å². The van der Waals surface area contributed by atoms with Gasteiger partial charge in [0.25, 0.3) is 0 Å². The number of rotatable bonds is 7. The molecule has 3 nitrogen and oxygen atoms in total. The number of aromatic nitrogens is 1. The molecule has 1 heterocycles. The van der Waals surface area contributed by atoms with Crippen LogP contribution in [0.4, 0.5) is 5.13 Å². The maximum absolute atomic E-state index is 4.83. The maximum atomic E-state index is 4.83. The van der Waals surface area contributed by atoms with Crippen LogP contribution in [0, 0.1) is 5.92 Å². The summed E-state index contributed by atoms with van der Waals surface area (Å²) in [6, 6.07) is 0.521. The van der Waals surface area contributed by atoms with E-state index in [2.05, 4.69) is 45.0 Å². The summed E-state index contributed by atoms with van der Waals surface area (Å²) >= 11 is 1.83. The fourth-order valence-corrected chi connectivity index (χ4v) is 3.04. The first-order valence-corrected chi connectivity index (χ1v) is 7.68. The van der Waals surface area contributed by atoms with Crippen LogP contribution in [0.15, 0.2) is 0 Å². The van der Waals surface area contributed by atoms with Gasteiger partial charge in [-0.15, -0.1) is 11.3 Å². The number of nitrogens with one attached hydrogen (secondary N) is 1. The molecular weight excluding hydrogens is 242 g/mol. The van der Waals surface area contributed by atoms with Gasteiger partial charge in [-0.1, -0.05) is 27.2 Å². The molecule has 0 saturated heterocycles. The fourth-order valence-electron chi connectivity index (χ4n) is 1.87. The van der Waals surface area contributed by atoms with Gasteiger partial charge in [0.2, 0.25) is 0 Å². The Hall–Kier alpha value is -0.610. The zero-order valence-electron chi connectivity index (χ0n) is 12.6. The number of aryl methyl sites for hydroxylation is 1. The van der Waals surface area contributed by atoms with Gasteiger partial charge in [0.05, 0.1) is 5.69 Å². The van der Waals surface area contributed by atoms with E-state index in [-0.39, 0.29) is 0 Å². The lowest BCUT2D eigenvalue weighted by atomic mass is 10.1. The van der Waals surface area contributed by atoms with Crippen molar-refractivity contribution in [3.05, 3.63) is 10.6 Å². The minimum Gasteiger partial charge on any atom is -0.348 e. The molecule has 1 N–H and O–H groups in total. The van der Waals surface area contributed by atoms with Crippen LogP contribution in [0.1, 0.15) is 44.7 Å². The van der Waals surface area contributed by atoms with Crippen LogP contribution >= 0.6 is 11.3 Å². The van der Waals surface area contributed by atoms with E-state index in [0.29, 0.717) is 12.0 Å². The van der Waals surface area contributed by atoms with Gasteiger partial charge < -0.3 is 10.2 Å². The predicted molar refractivity (Wildman–Crippen MR) is 81.6 cm³/mol. The van der Waals surface area contributed by atoms with E-state index in [1.54, 1.807) is 0 Å². The molecule has 18 heavy (non-hydrogen) atoms. The normalized spacial score (nSPS) is 13.1. The fraction of sp³-hybridized carbons (Fsp3) is 0.786. The third-order valence-electron chi connectivity index (χ3n) is 3.47. The Morgan fingerprint density at radius 2 is 2.00 bits per heavy atom. The average Bonchev–Trinajstić information content (AvgIpc) is 2.71. The second-order valence-electron chi connectivity index (χ2n) is 5.24. The number of nitrogens with zero attached hydrogens (tertiary/aromatic N) is 2. The monoisotopic (exact) mass is 269 g/mol. The Morgan fingerprint density at radius 1 is 1.33 bits per heavy atom. The molecule has 0 radical (unpaired) electrons. The van der Waals surface area contributed by atoms with Crippen molar-refractivity contribution in [1.29, 1.82) is 0 Å². The van der Waals surface area contributed by atoms with Crippen LogP contribution in [0.5, 0.6) is 0 Å². The first-order chi connectivity index (χ1) is 8.51. The lowest BCUT2D eigenvalue weighted by molar-refractivity contribution is 0.505. The van der Waals surface area contributed by atoms with Crippen LogP contribution in [0.3, 0.4) is 0 Å². The van der Waals surface area contributed by atoms with Crippen LogP contribution in [0.25, 0.3) is 0 Å². The van der Waals surface area contributed by atoms with Gasteiger partial charge >= 0.3 is 0 Å². The molecule has 0 aromatic carbocycles. The number of hydrogen-bond donors (Lipinski definition) is 1. The Kier molecular flexibility index (Phi) is 6.09. The number of anilines is 1. The highest BCUT2D eigenvalue weighted by Crippen LogP contribution is 2.29. The van der Waals surface area contributed by atoms with Crippen molar-refractivity contribution >= 4 is 16.5 Å². The van der Waals surface area contributed by atoms with Gasteiger partial charge in [-0.05, 0) is 26.3 Å². The third-order valence-corrected chi connectivity index (χ3v) is 4.66. The summed E-state index contributed by atoms with van der Waals surface area (Å²) < 4.78 is 0. The number of thiazole rings is 1. The van der Waals surface area contributed by atoms with E-state index in [9.17, 15) is 0 Å². The van der Waals surface area contributed by atoms with Crippen LogP contribution in [-0.2, 0) is 13.0 Å². The van der Waals surface area contributed by atoms with Crippen molar-refractivity contribution in [3.63, 3.8) is 0 Å². The molecule has 1 rings (SSSR count). The summed E-state index contributed by atoms with van der Waals surface area (Å²) in [5.74, 6) is 0.640. The zero-order chi connectivity index (χ0) is 13.7. The van der Waals surface area contributed by atoms with Crippen molar-refractivity contribution < 1.29 is 0 Å². The topological polar surface area (TPSA) is 28.2 Å². The zero-order valence-corrected chi connectivity index (χ0v) is 13.4. The molecule has 104 valence electrons. The summed E-state index contributed by atoms with van der Waals surface area (Å²) in [4.78, 5) is 8.53. The van der Waals surface area contributed by atoms with E-state index in [4.69, 9.17) is 4.98 Å². The van der Waals surface area contributed by atoms with Crippen molar-refractivity contribution in [3.8, 4) is 0 Å². The summed E-state index contributed by atoms with van der Waals surface area (Å²) in [5, 5.41) is 4.40. The summed E-state index contributed by atoms with van der Waals surface area (Å²) in [6.45, 7) is 9.93.